The van der Waals surface area contributed by atoms with Crippen molar-refractivity contribution in [2.45, 2.75) is 32.5 Å². The van der Waals surface area contributed by atoms with Crippen LogP contribution in [0, 0.1) is 5.92 Å². The molecule has 1 fully saturated rings. The minimum Gasteiger partial charge on any atom is -0.454 e. The summed E-state index contributed by atoms with van der Waals surface area (Å²) in [4.78, 5) is 9.75. The van der Waals surface area contributed by atoms with Crippen LogP contribution in [0.1, 0.15) is 31.0 Å². The summed E-state index contributed by atoms with van der Waals surface area (Å²) >= 11 is 5.23. The van der Waals surface area contributed by atoms with Crippen molar-refractivity contribution in [2.24, 2.45) is 5.92 Å². The van der Waals surface area contributed by atoms with Gasteiger partial charge in [-0.15, -0.1) is 0 Å². The summed E-state index contributed by atoms with van der Waals surface area (Å²) in [6, 6.07) is 6.44. The lowest BCUT2D eigenvalue weighted by Crippen LogP contribution is -2.34. The summed E-state index contributed by atoms with van der Waals surface area (Å²) in [5, 5.41) is 5.75. The van der Waals surface area contributed by atoms with Crippen LogP contribution in [-0.4, -0.2) is 35.0 Å². The second-order valence-corrected chi connectivity index (χ2v) is 8.01. The Bertz CT molecular complexity index is 964. The van der Waals surface area contributed by atoms with E-state index in [1.54, 1.807) is 6.07 Å². The number of thiocarbonyl (C=S) groups is 1. The zero-order chi connectivity index (χ0) is 22.0. The van der Waals surface area contributed by atoms with Crippen LogP contribution in [-0.2, 0) is 12.7 Å². The Morgan fingerprint density at radius 1 is 1.16 bits per heavy atom. The molecule has 2 aliphatic rings. The summed E-state index contributed by atoms with van der Waals surface area (Å²) < 4.78 is 50.8. The van der Waals surface area contributed by atoms with Crippen LogP contribution < -0.4 is 25.0 Å². The number of hydrogen-bond acceptors (Lipinski definition) is 6. The zero-order valence-corrected chi connectivity index (χ0v) is 17.6. The number of piperidine rings is 1. The molecule has 0 saturated carbocycles. The molecular weight excluding hydrogens is 431 g/mol. The molecule has 11 heteroatoms. The van der Waals surface area contributed by atoms with Crippen molar-refractivity contribution in [1.29, 1.82) is 0 Å². The maximum Gasteiger partial charge on any atom is 0.433 e. The van der Waals surface area contributed by atoms with Crippen LogP contribution in [0.4, 0.5) is 24.9 Å². The Balaban J connectivity index is 1.45. The van der Waals surface area contributed by atoms with Gasteiger partial charge in [0.05, 0.1) is 0 Å². The van der Waals surface area contributed by atoms with Crippen LogP contribution in [0.3, 0.4) is 0 Å². The fraction of sp³-hybridized carbons (Fsp3) is 0.450. The molecule has 2 aliphatic heterocycles. The van der Waals surface area contributed by atoms with Crippen LogP contribution in [0.2, 0.25) is 0 Å². The highest BCUT2D eigenvalue weighted by Gasteiger charge is 2.34. The first-order valence-electron chi connectivity index (χ1n) is 9.92. The minimum absolute atomic E-state index is 0.121. The van der Waals surface area contributed by atoms with E-state index in [1.165, 1.54) is 0 Å². The van der Waals surface area contributed by atoms with Gasteiger partial charge in [-0.05, 0) is 48.7 Å². The fourth-order valence-corrected chi connectivity index (χ4v) is 3.58. The van der Waals surface area contributed by atoms with E-state index >= 15 is 0 Å². The first kappa shape index (κ1) is 21.4. The predicted octanol–water partition coefficient (Wildman–Crippen LogP) is 3.95. The van der Waals surface area contributed by atoms with Crippen LogP contribution in [0.25, 0.3) is 0 Å². The molecule has 1 aromatic carbocycles. The average Bonchev–Trinajstić information content (AvgIpc) is 3.20. The number of hydrogen-bond donors (Lipinski definition) is 2. The van der Waals surface area contributed by atoms with Crippen molar-refractivity contribution >= 4 is 29.1 Å². The predicted molar refractivity (Wildman–Crippen MR) is 113 cm³/mol. The average molecular weight is 453 g/mol. The number of ether oxygens (including phenoxy) is 2. The second kappa shape index (κ2) is 8.74. The van der Waals surface area contributed by atoms with Crippen LogP contribution in [0.5, 0.6) is 11.5 Å². The molecule has 0 aliphatic carbocycles. The van der Waals surface area contributed by atoms with Crippen LogP contribution >= 0.6 is 12.2 Å². The third-order valence-electron chi connectivity index (χ3n) is 5.23. The molecule has 166 valence electrons. The van der Waals surface area contributed by atoms with Crippen molar-refractivity contribution in [3.8, 4) is 11.5 Å². The lowest BCUT2D eigenvalue weighted by atomic mass is 9.99. The van der Waals surface area contributed by atoms with Gasteiger partial charge in [-0.3, -0.25) is 0 Å². The van der Waals surface area contributed by atoms with Gasteiger partial charge < -0.3 is 25.0 Å². The summed E-state index contributed by atoms with van der Waals surface area (Å²) in [5.41, 5.74) is -0.126. The zero-order valence-electron chi connectivity index (χ0n) is 16.8. The number of fused-ring (bicyclic) bond motifs is 1. The lowest BCUT2D eigenvalue weighted by Gasteiger charge is -2.31. The van der Waals surface area contributed by atoms with Crippen molar-refractivity contribution in [3.63, 3.8) is 0 Å². The third kappa shape index (κ3) is 5.27. The van der Waals surface area contributed by atoms with Gasteiger partial charge in [-0.2, -0.15) is 18.2 Å². The highest BCUT2D eigenvalue weighted by Crippen LogP contribution is 2.33. The van der Waals surface area contributed by atoms with Gasteiger partial charge in [0.15, 0.2) is 22.3 Å². The number of nitrogens with one attached hydrogen (secondary N) is 2. The topological polar surface area (TPSA) is 71.5 Å². The van der Waals surface area contributed by atoms with Gasteiger partial charge in [-0.1, -0.05) is 13.0 Å². The quantitative estimate of drug-likeness (QED) is 0.675. The highest BCUT2D eigenvalue weighted by molar-refractivity contribution is 7.80. The Hall–Kier alpha value is -2.82. The number of alkyl halides is 3. The number of benzene rings is 1. The van der Waals surface area contributed by atoms with Crippen molar-refractivity contribution in [3.05, 3.63) is 35.5 Å². The Morgan fingerprint density at radius 2 is 1.90 bits per heavy atom. The fourth-order valence-electron chi connectivity index (χ4n) is 3.41. The molecule has 0 spiro atoms. The van der Waals surface area contributed by atoms with Crippen LogP contribution in [0.15, 0.2) is 24.3 Å². The van der Waals surface area contributed by atoms with E-state index in [-0.39, 0.29) is 23.7 Å². The smallest absolute Gasteiger partial charge is 0.433 e. The van der Waals surface area contributed by atoms with Crippen molar-refractivity contribution in [2.75, 3.05) is 30.1 Å². The molecule has 0 amide bonds. The first-order chi connectivity index (χ1) is 14.8. The molecule has 0 radical (unpaired) electrons. The van der Waals surface area contributed by atoms with Gasteiger partial charge in [-0.25, -0.2) is 4.98 Å². The number of rotatable bonds is 4. The molecule has 0 bridgehead atoms. The maximum absolute atomic E-state index is 13.4. The van der Waals surface area contributed by atoms with Gasteiger partial charge in [0.2, 0.25) is 12.7 Å². The first-order valence-corrected chi connectivity index (χ1v) is 10.3. The molecule has 7 nitrogen and oxygen atoms in total. The van der Waals surface area contributed by atoms with E-state index in [2.05, 4.69) is 27.5 Å². The molecule has 2 aromatic rings. The Morgan fingerprint density at radius 3 is 2.65 bits per heavy atom. The highest BCUT2D eigenvalue weighted by atomic mass is 32.1. The normalized spacial score (nSPS) is 16.3. The van der Waals surface area contributed by atoms with E-state index < -0.39 is 11.9 Å². The van der Waals surface area contributed by atoms with Gasteiger partial charge in [0, 0.05) is 25.7 Å². The maximum atomic E-state index is 13.4. The Kier molecular flexibility index (Phi) is 6.03. The SMILES string of the molecule is CC1CCN(c2cc(C(F)(F)F)nc(NC(=S)NCc3ccc4c(c3)OCO4)n2)CC1. The number of aromatic nitrogens is 2. The molecule has 1 saturated heterocycles. The van der Waals surface area contributed by atoms with Gasteiger partial charge in [0.25, 0.3) is 0 Å². The summed E-state index contributed by atoms with van der Waals surface area (Å²) in [6.07, 6.45) is -2.77. The molecule has 3 heterocycles. The van der Waals surface area contributed by atoms with Gasteiger partial charge in [0.1, 0.15) is 5.82 Å². The molecule has 2 N–H and O–H groups in total. The molecule has 0 unspecified atom stereocenters. The molecular formula is C20H22F3N5O2S. The molecule has 31 heavy (non-hydrogen) atoms. The van der Waals surface area contributed by atoms with Crippen molar-refractivity contribution < 1.29 is 22.6 Å². The minimum atomic E-state index is -4.58. The second-order valence-electron chi connectivity index (χ2n) is 7.60. The van der Waals surface area contributed by atoms with Gasteiger partial charge >= 0.3 is 6.18 Å². The largest absolute Gasteiger partial charge is 0.454 e. The number of halogens is 3. The number of nitrogens with zero attached hydrogens (tertiary/aromatic N) is 3. The van der Waals surface area contributed by atoms with E-state index in [1.807, 2.05) is 17.0 Å². The van der Waals surface area contributed by atoms with E-state index in [0.29, 0.717) is 37.1 Å². The summed E-state index contributed by atoms with van der Waals surface area (Å²) in [5.74, 6) is 1.91. The third-order valence-corrected chi connectivity index (χ3v) is 5.47. The Labute approximate surface area is 183 Å². The van der Waals surface area contributed by atoms with E-state index in [4.69, 9.17) is 21.7 Å². The summed E-state index contributed by atoms with van der Waals surface area (Å²) in [6.45, 7) is 3.97. The lowest BCUT2D eigenvalue weighted by molar-refractivity contribution is -0.141. The summed E-state index contributed by atoms with van der Waals surface area (Å²) in [7, 11) is 0. The molecule has 4 rings (SSSR count). The molecule has 0 atom stereocenters. The van der Waals surface area contributed by atoms with Crippen molar-refractivity contribution in [1.82, 2.24) is 15.3 Å². The monoisotopic (exact) mass is 453 g/mol. The molecule has 1 aromatic heterocycles. The van der Waals surface area contributed by atoms with E-state index in [0.717, 1.165) is 24.5 Å². The standard InChI is InChI=1S/C20H22F3N5O2S/c1-12-4-6-28(7-5-12)17-9-16(20(21,22)23)25-18(26-17)27-19(31)24-10-13-2-3-14-15(8-13)30-11-29-14/h2-3,8-9,12H,4-7,10-11H2,1H3,(H2,24,25,26,27,31). The van der Waals surface area contributed by atoms with E-state index in [9.17, 15) is 13.2 Å². The number of anilines is 2.